The van der Waals surface area contributed by atoms with E-state index in [-0.39, 0.29) is 28.6 Å². The van der Waals surface area contributed by atoms with E-state index < -0.39 is 10.7 Å². The quantitative estimate of drug-likeness (QED) is 0.564. The second kappa shape index (κ2) is 8.10. The van der Waals surface area contributed by atoms with Crippen molar-refractivity contribution in [2.24, 2.45) is 0 Å². The van der Waals surface area contributed by atoms with Crippen LogP contribution in [-0.4, -0.2) is 41.9 Å². The Kier molecular flexibility index (Phi) is 5.82. The molecule has 0 aliphatic carbocycles. The van der Waals surface area contributed by atoms with Gasteiger partial charge in [0.2, 0.25) is 5.91 Å². The lowest BCUT2D eigenvalue weighted by molar-refractivity contribution is -0.384. The van der Waals surface area contributed by atoms with Crippen molar-refractivity contribution in [3.05, 3.63) is 67.9 Å². The molecule has 1 aliphatic rings. The summed E-state index contributed by atoms with van der Waals surface area (Å²) in [6, 6.07) is 8.83. The van der Waals surface area contributed by atoms with Crippen LogP contribution in [0.15, 0.2) is 36.4 Å². The largest absolute Gasteiger partial charge is 0.362 e. The van der Waals surface area contributed by atoms with Crippen LogP contribution in [0.3, 0.4) is 0 Å². The van der Waals surface area contributed by atoms with Crippen LogP contribution in [0.4, 0.5) is 15.8 Å². The minimum Gasteiger partial charge on any atom is -0.362 e. The van der Waals surface area contributed by atoms with E-state index >= 15 is 0 Å². The molecule has 0 unspecified atom stereocenters. The molecule has 1 amide bonds. The van der Waals surface area contributed by atoms with Gasteiger partial charge in [0.1, 0.15) is 11.5 Å². The lowest BCUT2D eigenvalue weighted by Crippen LogP contribution is -2.49. The number of hydrogen-bond donors (Lipinski definition) is 0. The van der Waals surface area contributed by atoms with Crippen molar-refractivity contribution >= 4 is 40.5 Å². The van der Waals surface area contributed by atoms with E-state index in [1.807, 2.05) is 4.90 Å². The second-order valence-corrected chi connectivity index (χ2v) is 6.98. The molecule has 6 nitrogen and oxygen atoms in total. The third-order valence-corrected chi connectivity index (χ3v) is 5.09. The highest BCUT2D eigenvalue weighted by molar-refractivity contribution is 6.31. The van der Waals surface area contributed by atoms with Gasteiger partial charge in [0, 0.05) is 47.9 Å². The molecule has 142 valence electrons. The Morgan fingerprint density at radius 1 is 1.15 bits per heavy atom. The van der Waals surface area contributed by atoms with E-state index in [2.05, 4.69) is 0 Å². The first-order valence-electron chi connectivity index (χ1n) is 8.26. The normalized spacial score (nSPS) is 14.3. The number of amides is 1. The second-order valence-electron chi connectivity index (χ2n) is 6.13. The molecule has 27 heavy (non-hydrogen) atoms. The first-order valence-corrected chi connectivity index (χ1v) is 9.02. The SMILES string of the molecule is O=C(Cc1c(F)cccc1Cl)N1CCN(c2ccc(Cl)cc2[N+](=O)[O-])CC1. The Labute approximate surface area is 165 Å². The maximum atomic E-state index is 13.9. The van der Waals surface area contributed by atoms with Gasteiger partial charge >= 0.3 is 0 Å². The van der Waals surface area contributed by atoms with Gasteiger partial charge in [0.25, 0.3) is 5.69 Å². The van der Waals surface area contributed by atoms with Crippen molar-refractivity contribution < 1.29 is 14.1 Å². The van der Waals surface area contributed by atoms with Crippen LogP contribution in [0, 0.1) is 15.9 Å². The van der Waals surface area contributed by atoms with Crippen molar-refractivity contribution in [3.63, 3.8) is 0 Å². The van der Waals surface area contributed by atoms with Crippen LogP contribution < -0.4 is 4.90 Å². The summed E-state index contributed by atoms with van der Waals surface area (Å²) >= 11 is 11.8. The summed E-state index contributed by atoms with van der Waals surface area (Å²) in [5.74, 6) is -0.737. The van der Waals surface area contributed by atoms with Crippen LogP contribution in [-0.2, 0) is 11.2 Å². The topological polar surface area (TPSA) is 66.7 Å². The summed E-state index contributed by atoms with van der Waals surface area (Å²) in [4.78, 5) is 26.7. The van der Waals surface area contributed by atoms with Crippen molar-refractivity contribution in [1.82, 2.24) is 4.90 Å². The molecule has 0 N–H and O–H groups in total. The number of anilines is 1. The fraction of sp³-hybridized carbons (Fsp3) is 0.278. The Hall–Kier alpha value is -2.38. The van der Waals surface area contributed by atoms with Crippen molar-refractivity contribution in [2.45, 2.75) is 6.42 Å². The third-order valence-electron chi connectivity index (χ3n) is 4.50. The zero-order valence-corrected chi connectivity index (χ0v) is 15.7. The van der Waals surface area contributed by atoms with Crippen molar-refractivity contribution in [1.29, 1.82) is 0 Å². The van der Waals surface area contributed by atoms with Crippen LogP contribution in [0.25, 0.3) is 0 Å². The maximum absolute atomic E-state index is 13.9. The zero-order valence-electron chi connectivity index (χ0n) is 14.2. The number of carbonyl (C=O) groups excluding carboxylic acids is 1. The van der Waals surface area contributed by atoms with E-state index in [1.54, 1.807) is 23.1 Å². The van der Waals surface area contributed by atoms with Gasteiger partial charge in [-0.2, -0.15) is 0 Å². The number of carbonyl (C=O) groups is 1. The molecule has 1 saturated heterocycles. The first-order chi connectivity index (χ1) is 12.9. The number of hydrogen-bond acceptors (Lipinski definition) is 4. The summed E-state index contributed by atoms with van der Waals surface area (Å²) in [7, 11) is 0. The molecular weight excluding hydrogens is 396 g/mol. The molecule has 0 saturated carbocycles. The molecule has 2 aromatic rings. The number of nitro groups is 1. The number of halogens is 3. The lowest BCUT2D eigenvalue weighted by atomic mass is 10.1. The Balaban J connectivity index is 1.67. The minimum atomic E-state index is -0.508. The molecule has 0 radical (unpaired) electrons. The van der Waals surface area contributed by atoms with Crippen LogP contribution in [0.5, 0.6) is 0 Å². The molecule has 3 rings (SSSR count). The summed E-state index contributed by atoms with van der Waals surface area (Å²) in [5.41, 5.74) is 0.578. The Bertz CT molecular complexity index is 866. The monoisotopic (exact) mass is 411 g/mol. The predicted molar refractivity (Wildman–Crippen MR) is 102 cm³/mol. The number of rotatable bonds is 4. The molecule has 0 atom stereocenters. The predicted octanol–water partition coefficient (Wildman–Crippen LogP) is 3.93. The number of benzene rings is 2. The Morgan fingerprint density at radius 3 is 2.48 bits per heavy atom. The average Bonchev–Trinajstić information content (AvgIpc) is 2.65. The van der Waals surface area contributed by atoms with Gasteiger partial charge in [0.05, 0.1) is 11.3 Å². The average molecular weight is 412 g/mol. The van der Waals surface area contributed by atoms with Crippen molar-refractivity contribution in [3.8, 4) is 0 Å². The van der Waals surface area contributed by atoms with Gasteiger partial charge in [-0.15, -0.1) is 0 Å². The molecule has 1 aliphatic heterocycles. The lowest BCUT2D eigenvalue weighted by Gasteiger charge is -2.36. The van der Waals surface area contributed by atoms with E-state index in [1.165, 1.54) is 18.2 Å². The van der Waals surface area contributed by atoms with Gasteiger partial charge in [-0.3, -0.25) is 14.9 Å². The van der Waals surface area contributed by atoms with Gasteiger partial charge in [-0.05, 0) is 24.3 Å². The molecule has 0 bridgehead atoms. The molecule has 1 heterocycles. The van der Waals surface area contributed by atoms with E-state index in [0.717, 1.165) is 0 Å². The zero-order chi connectivity index (χ0) is 19.6. The fourth-order valence-electron chi connectivity index (χ4n) is 3.07. The van der Waals surface area contributed by atoms with Crippen LogP contribution in [0.2, 0.25) is 10.0 Å². The molecule has 0 aromatic heterocycles. The first kappa shape index (κ1) is 19.4. The van der Waals surface area contributed by atoms with E-state index in [9.17, 15) is 19.3 Å². The van der Waals surface area contributed by atoms with Gasteiger partial charge in [-0.1, -0.05) is 29.3 Å². The molecule has 0 spiro atoms. The third kappa shape index (κ3) is 4.31. The maximum Gasteiger partial charge on any atom is 0.294 e. The number of nitro benzene ring substituents is 1. The number of piperazine rings is 1. The molecule has 1 fully saturated rings. The minimum absolute atomic E-state index is 0.0691. The summed E-state index contributed by atoms with van der Waals surface area (Å²) < 4.78 is 13.9. The number of nitrogens with zero attached hydrogens (tertiary/aromatic N) is 3. The Morgan fingerprint density at radius 2 is 1.85 bits per heavy atom. The van der Waals surface area contributed by atoms with Crippen LogP contribution >= 0.6 is 23.2 Å². The van der Waals surface area contributed by atoms with E-state index in [4.69, 9.17) is 23.2 Å². The fourth-order valence-corrected chi connectivity index (χ4v) is 3.47. The van der Waals surface area contributed by atoms with E-state index in [0.29, 0.717) is 36.9 Å². The summed E-state index contributed by atoms with van der Waals surface area (Å²) in [6.07, 6.45) is -0.118. The van der Waals surface area contributed by atoms with Crippen molar-refractivity contribution in [2.75, 3.05) is 31.1 Å². The van der Waals surface area contributed by atoms with Gasteiger partial charge in [0.15, 0.2) is 0 Å². The standard InChI is InChI=1S/C18H16Cl2FN3O3/c19-12-4-5-16(17(10-12)24(26)27)22-6-8-23(9-7-22)18(25)11-13-14(20)2-1-3-15(13)21/h1-5,10H,6-9,11H2. The van der Waals surface area contributed by atoms with Gasteiger partial charge in [-0.25, -0.2) is 4.39 Å². The summed E-state index contributed by atoms with van der Waals surface area (Å²) in [6.45, 7) is 1.62. The smallest absolute Gasteiger partial charge is 0.294 e. The summed E-state index contributed by atoms with van der Waals surface area (Å²) in [5, 5.41) is 11.8. The molecule has 9 heteroatoms. The molecule has 2 aromatic carbocycles. The highest BCUT2D eigenvalue weighted by Gasteiger charge is 2.26. The highest BCUT2D eigenvalue weighted by Crippen LogP contribution is 2.31. The van der Waals surface area contributed by atoms with Crippen LogP contribution in [0.1, 0.15) is 5.56 Å². The molecular formula is C18H16Cl2FN3O3. The van der Waals surface area contributed by atoms with Gasteiger partial charge < -0.3 is 9.80 Å². The highest BCUT2D eigenvalue weighted by atomic mass is 35.5.